The van der Waals surface area contributed by atoms with E-state index in [-0.39, 0.29) is 18.0 Å². The van der Waals surface area contributed by atoms with Crippen molar-refractivity contribution < 1.29 is 4.79 Å². The van der Waals surface area contributed by atoms with Crippen molar-refractivity contribution in [3.8, 4) is 11.3 Å². The Balaban J connectivity index is 1.99. The van der Waals surface area contributed by atoms with Gasteiger partial charge in [0.2, 0.25) is 5.91 Å². The molecule has 112 valence electrons. The number of H-pyrrole nitrogens is 1. The van der Waals surface area contributed by atoms with Gasteiger partial charge in [0.25, 0.3) is 0 Å². The molecule has 2 heterocycles. The van der Waals surface area contributed by atoms with Crippen LogP contribution in [0.5, 0.6) is 0 Å². The lowest BCUT2D eigenvalue weighted by Gasteiger charge is -2.16. The molecule has 6 heteroatoms. The van der Waals surface area contributed by atoms with E-state index >= 15 is 0 Å². The minimum atomic E-state index is -0.260. The van der Waals surface area contributed by atoms with Crippen molar-refractivity contribution in [1.29, 1.82) is 0 Å². The molecule has 0 saturated carbocycles. The van der Waals surface area contributed by atoms with Crippen molar-refractivity contribution in [1.82, 2.24) is 25.8 Å². The van der Waals surface area contributed by atoms with Crippen LogP contribution in [0, 0.1) is 0 Å². The van der Waals surface area contributed by atoms with E-state index in [9.17, 15) is 4.79 Å². The molecule has 2 rings (SSSR count). The van der Waals surface area contributed by atoms with Gasteiger partial charge in [-0.05, 0) is 32.9 Å². The van der Waals surface area contributed by atoms with Crippen molar-refractivity contribution in [3.63, 3.8) is 0 Å². The van der Waals surface area contributed by atoms with E-state index in [1.54, 1.807) is 18.6 Å². The lowest BCUT2D eigenvalue weighted by Crippen LogP contribution is -2.44. The van der Waals surface area contributed by atoms with Gasteiger partial charge in [-0.3, -0.25) is 14.9 Å². The Morgan fingerprint density at radius 2 is 2.14 bits per heavy atom. The van der Waals surface area contributed by atoms with Gasteiger partial charge in [0.05, 0.1) is 17.9 Å². The zero-order valence-electron chi connectivity index (χ0n) is 12.6. The third-order valence-electron chi connectivity index (χ3n) is 3.09. The molecule has 3 N–H and O–H groups in total. The lowest BCUT2D eigenvalue weighted by molar-refractivity contribution is -0.123. The van der Waals surface area contributed by atoms with Crippen LogP contribution in [-0.4, -0.2) is 33.2 Å². The minimum Gasteiger partial charge on any atom is -0.353 e. The Morgan fingerprint density at radius 3 is 2.81 bits per heavy atom. The summed E-state index contributed by atoms with van der Waals surface area (Å²) in [7, 11) is 0. The van der Waals surface area contributed by atoms with E-state index in [1.165, 1.54) is 0 Å². The highest BCUT2D eigenvalue weighted by atomic mass is 16.2. The van der Waals surface area contributed by atoms with Gasteiger partial charge in [-0.2, -0.15) is 5.10 Å². The fourth-order valence-electron chi connectivity index (χ4n) is 1.97. The average molecular weight is 287 g/mol. The second-order valence-electron chi connectivity index (χ2n) is 5.28. The Bertz CT molecular complexity index is 579. The largest absolute Gasteiger partial charge is 0.353 e. The Hall–Kier alpha value is -2.21. The fraction of sp³-hybridized carbons (Fsp3) is 0.400. The first kappa shape index (κ1) is 15.2. The molecule has 0 radical (unpaired) electrons. The summed E-state index contributed by atoms with van der Waals surface area (Å²) in [5.41, 5.74) is 2.91. The van der Waals surface area contributed by atoms with Gasteiger partial charge in [-0.25, -0.2) is 0 Å². The third-order valence-corrected chi connectivity index (χ3v) is 3.09. The number of carbonyl (C=O) groups is 1. The lowest BCUT2D eigenvalue weighted by atomic mass is 10.1. The summed E-state index contributed by atoms with van der Waals surface area (Å²) in [5, 5.41) is 13.1. The Kier molecular flexibility index (Phi) is 5.05. The van der Waals surface area contributed by atoms with Gasteiger partial charge in [0.15, 0.2) is 0 Å². The summed E-state index contributed by atoms with van der Waals surface area (Å²) < 4.78 is 0. The first-order valence-corrected chi connectivity index (χ1v) is 7.04. The zero-order chi connectivity index (χ0) is 15.2. The number of rotatable bonds is 6. The van der Waals surface area contributed by atoms with Crippen molar-refractivity contribution in [3.05, 3.63) is 36.3 Å². The van der Waals surface area contributed by atoms with Crippen LogP contribution in [0.2, 0.25) is 0 Å². The maximum Gasteiger partial charge on any atom is 0.237 e. The molecule has 2 aromatic heterocycles. The van der Waals surface area contributed by atoms with Gasteiger partial charge in [0, 0.05) is 36.1 Å². The van der Waals surface area contributed by atoms with Crippen LogP contribution in [0.3, 0.4) is 0 Å². The normalized spacial score (nSPS) is 12.4. The molecule has 1 unspecified atom stereocenters. The number of pyridine rings is 1. The van der Waals surface area contributed by atoms with Crippen LogP contribution in [0.1, 0.15) is 26.3 Å². The van der Waals surface area contributed by atoms with Crippen LogP contribution in [0.4, 0.5) is 0 Å². The summed E-state index contributed by atoms with van der Waals surface area (Å²) >= 11 is 0. The number of hydrogen-bond donors (Lipinski definition) is 3. The van der Waals surface area contributed by atoms with Crippen LogP contribution in [0.25, 0.3) is 11.3 Å². The van der Waals surface area contributed by atoms with E-state index in [0.717, 1.165) is 16.8 Å². The topological polar surface area (TPSA) is 82.7 Å². The molecule has 21 heavy (non-hydrogen) atoms. The monoisotopic (exact) mass is 287 g/mol. The van der Waals surface area contributed by atoms with Crippen LogP contribution in [-0.2, 0) is 11.3 Å². The van der Waals surface area contributed by atoms with E-state index in [1.807, 2.05) is 32.9 Å². The van der Waals surface area contributed by atoms with Gasteiger partial charge >= 0.3 is 0 Å². The first-order chi connectivity index (χ1) is 10.1. The van der Waals surface area contributed by atoms with E-state index < -0.39 is 0 Å². The summed E-state index contributed by atoms with van der Waals surface area (Å²) in [6.45, 7) is 6.30. The molecule has 1 amide bonds. The predicted octanol–water partition coefficient (Wildman–Crippen LogP) is 1.47. The summed E-state index contributed by atoms with van der Waals surface area (Å²) in [6.07, 6.45) is 5.28. The van der Waals surface area contributed by atoms with Gasteiger partial charge in [-0.1, -0.05) is 0 Å². The number of carbonyl (C=O) groups excluding carboxylic acids is 1. The number of amides is 1. The summed E-state index contributed by atoms with van der Waals surface area (Å²) in [6, 6.07) is 3.73. The molecule has 0 aliphatic heterocycles. The molecule has 0 aliphatic carbocycles. The molecular formula is C15H21N5O. The first-order valence-electron chi connectivity index (χ1n) is 7.04. The van der Waals surface area contributed by atoms with E-state index in [0.29, 0.717) is 6.54 Å². The highest BCUT2D eigenvalue weighted by molar-refractivity contribution is 5.81. The quantitative estimate of drug-likeness (QED) is 0.751. The fourth-order valence-corrected chi connectivity index (χ4v) is 1.97. The molecule has 6 nitrogen and oxygen atoms in total. The van der Waals surface area contributed by atoms with Crippen LogP contribution in [0.15, 0.2) is 30.7 Å². The second-order valence-corrected chi connectivity index (χ2v) is 5.28. The molecule has 0 saturated heterocycles. The molecule has 1 atom stereocenters. The molecule has 0 bridgehead atoms. The van der Waals surface area contributed by atoms with Gasteiger partial charge in [0.1, 0.15) is 0 Å². The maximum atomic E-state index is 11.9. The predicted molar refractivity (Wildman–Crippen MR) is 81.4 cm³/mol. The third kappa shape index (κ3) is 4.13. The van der Waals surface area contributed by atoms with E-state index in [2.05, 4.69) is 25.8 Å². The maximum absolute atomic E-state index is 11.9. The number of aromatic nitrogens is 3. The number of nitrogens with one attached hydrogen (secondary N) is 3. The minimum absolute atomic E-state index is 0.00331. The van der Waals surface area contributed by atoms with Gasteiger partial charge in [-0.15, -0.1) is 0 Å². The van der Waals surface area contributed by atoms with Gasteiger partial charge < -0.3 is 10.6 Å². The highest BCUT2D eigenvalue weighted by Gasteiger charge is 2.14. The zero-order valence-corrected chi connectivity index (χ0v) is 12.6. The molecule has 0 fully saturated rings. The summed E-state index contributed by atoms with van der Waals surface area (Å²) in [5.74, 6) is -0.00331. The molecular weight excluding hydrogens is 266 g/mol. The van der Waals surface area contributed by atoms with Crippen LogP contribution >= 0.6 is 0 Å². The van der Waals surface area contributed by atoms with Crippen molar-refractivity contribution in [2.24, 2.45) is 0 Å². The number of nitrogens with zero attached hydrogens (tertiary/aromatic N) is 2. The van der Waals surface area contributed by atoms with Crippen LogP contribution < -0.4 is 10.6 Å². The average Bonchev–Trinajstić information content (AvgIpc) is 2.93. The van der Waals surface area contributed by atoms with E-state index in [4.69, 9.17) is 0 Å². The highest BCUT2D eigenvalue weighted by Crippen LogP contribution is 2.19. The van der Waals surface area contributed by atoms with Crippen molar-refractivity contribution >= 4 is 5.91 Å². The molecule has 2 aromatic rings. The SMILES string of the molecule is CC(C)NC(=O)C(C)NCc1cn[nH]c1-c1cccnc1. The molecule has 0 aromatic carbocycles. The molecule has 0 aliphatic rings. The molecule has 0 spiro atoms. The Labute approximate surface area is 124 Å². The van der Waals surface area contributed by atoms with Crippen molar-refractivity contribution in [2.75, 3.05) is 0 Å². The number of aromatic amines is 1. The number of hydrogen-bond acceptors (Lipinski definition) is 4. The smallest absolute Gasteiger partial charge is 0.237 e. The second kappa shape index (κ2) is 6.99. The summed E-state index contributed by atoms with van der Waals surface area (Å²) in [4.78, 5) is 16.0. The standard InChI is InChI=1S/C15H21N5O/c1-10(2)19-15(21)11(3)17-8-13-9-18-20-14(13)12-5-4-6-16-7-12/h4-7,9-11,17H,8H2,1-3H3,(H,18,20)(H,19,21). The Morgan fingerprint density at radius 1 is 1.33 bits per heavy atom. The van der Waals surface area contributed by atoms with Crippen molar-refractivity contribution in [2.45, 2.75) is 39.4 Å².